The van der Waals surface area contributed by atoms with Crippen molar-refractivity contribution in [1.82, 2.24) is 20.6 Å². The third-order valence-corrected chi connectivity index (χ3v) is 15.1. The molecule has 1 aromatic heterocycles. The highest BCUT2D eigenvalue weighted by Gasteiger charge is 2.64. The van der Waals surface area contributed by atoms with Gasteiger partial charge in [-0.15, -0.1) is 10.2 Å². The molecule has 0 aromatic carbocycles. The number of nitrogens with zero attached hydrogens (tertiary/aromatic N) is 3. The first-order chi connectivity index (χ1) is 27.4. The summed E-state index contributed by atoms with van der Waals surface area (Å²) in [6.07, 6.45) is 6.96. The molecule has 0 amide bonds. The monoisotopic (exact) mass is 817 g/mol. The molecule has 14 nitrogen and oxygen atoms in total. The molecule has 14 heteroatoms. The lowest BCUT2D eigenvalue weighted by atomic mass is 9.72. The van der Waals surface area contributed by atoms with Gasteiger partial charge >= 0.3 is 5.97 Å². The predicted molar refractivity (Wildman–Crippen MR) is 214 cm³/mol. The lowest BCUT2D eigenvalue weighted by Crippen LogP contribution is -2.63. The molecule has 0 radical (unpaired) electrons. The van der Waals surface area contributed by atoms with E-state index in [0.29, 0.717) is 50.8 Å². The van der Waals surface area contributed by atoms with Crippen molar-refractivity contribution in [3.05, 3.63) is 18.0 Å². The van der Waals surface area contributed by atoms with E-state index in [2.05, 4.69) is 48.3 Å². The topological polar surface area (TPSA) is 184 Å². The van der Waals surface area contributed by atoms with E-state index in [0.717, 1.165) is 19.3 Å². The number of H-pyrrole nitrogens is 1. The van der Waals surface area contributed by atoms with E-state index in [1.54, 1.807) is 0 Å². The van der Waals surface area contributed by atoms with Crippen molar-refractivity contribution in [3.8, 4) is 0 Å². The summed E-state index contributed by atoms with van der Waals surface area (Å²) < 4.78 is 40.3. The molecule has 58 heavy (non-hydrogen) atoms. The Balaban J connectivity index is 1.20. The van der Waals surface area contributed by atoms with Crippen LogP contribution in [0.5, 0.6) is 0 Å². The van der Waals surface area contributed by atoms with Crippen LogP contribution in [0.1, 0.15) is 152 Å². The summed E-state index contributed by atoms with van der Waals surface area (Å²) in [6.45, 7) is 21.5. The molecule has 5 aliphatic rings. The van der Waals surface area contributed by atoms with E-state index in [1.807, 2.05) is 53.7 Å². The number of aliphatic hydroxyl groups is 2. The Labute approximate surface area is 345 Å². The minimum Gasteiger partial charge on any atom is -0.453 e. The maximum Gasteiger partial charge on any atom is 0.303 e. The van der Waals surface area contributed by atoms with Crippen molar-refractivity contribution in [2.24, 2.45) is 35.5 Å². The molecule has 6 heterocycles. The molecular weight excluding hydrogens is 745 g/mol. The van der Waals surface area contributed by atoms with Crippen LogP contribution in [0.3, 0.4) is 0 Å². The van der Waals surface area contributed by atoms with Crippen LogP contribution in [-0.2, 0) is 38.0 Å². The quantitative estimate of drug-likeness (QED) is 0.148. The predicted octanol–water partition coefficient (Wildman–Crippen LogP) is 6.35. The van der Waals surface area contributed by atoms with Gasteiger partial charge in [-0.3, -0.25) is 9.59 Å². The first-order valence-electron chi connectivity index (χ1n) is 22.3. The number of carbonyl (C=O) groups excluding carboxylic acids is 2. The highest BCUT2D eigenvalue weighted by Crippen LogP contribution is 2.54. The molecule has 5 unspecified atom stereocenters. The normalized spacial score (nSPS) is 43.2. The third-order valence-electron chi connectivity index (χ3n) is 15.1. The van der Waals surface area contributed by atoms with Crippen LogP contribution >= 0.6 is 0 Å². The van der Waals surface area contributed by atoms with Gasteiger partial charge in [-0.05, 0) is 95.6 Å². The van der Waals surface area contributed by atoms with Crippen molar-refractivity contribution in [1.29, 1.82) is 0 Å². The zero-order chi connectivity index (χ0) is 42.4. The van der Waals surface area contributed by atoms with Crippen molar-refractivity contribution >= 4 is 11.8 Å². The smallest absolute Gasteiger partial charge is 0.303 e. The molecule has 6 rings (SSSR count). The van der Waals surface area contributed by atoms with Gasteiger partial charge < -0.3 is 38.6 Å². The van der Waals surface area contributed by atoms with Crippen molar-refractivity contribution in [3.63, 3.8) is 0 Å². The number of esters is 1. The Bertz CT molecular complexity index is 1600. The van der Waals surface area contributed by atoms with Crippen molar-refractivity contribution < 1.29 is 48.2 Å². The summed E-state index contributed by atoms with van der Waals surface area (Å²) in [4.78, 5) is 27.1. The standard InChI is InChI=1S/C44H72N4O10/c1-12-31(40-45-47-48-46-40)33-16-15-24(4)38(55-33)28(8)36(50)27(7)37(51)32(13-2)39-25(5)23-26(6)43(56-39)20-18-35(54-30(10)49)44(58-43)22-21-41(11,57-44)34-17-19-42(52,14-3)29(9)53-34/h18,20,24-29,31-36,38-39,50,52H,12-17,19,21-23H2,1-11H3,(H,45,46,47,48)/t24-,25?,26+,27-,28-,29-,31+,32-,33+,34+,35?,36+,38+,39?,41-,42+,43?,44?/m0/s1. The van der Waals surface area contributed by atoms with Gasteiger partial charge in [-0.25, -0.2) is 0 Å². The summed E-state index contributed by atoms with van der Waals surface area (Å²) in [5.74, 6) is -3.93. The van der Waals surface area contributed by atoms with Gasteiger partial charge in [0.25, 0.3) is 0 Å². The summed E-state index contributed by atoms with van der Waals surface area (Å²) >= 11 is 0. The highest BCUT2D eigenvalue weighted by molar-refractivity contribution is 5.84. The number of Topliss-reactive ketones (excluding diaryl/α,β-unsaturated/α-hetero) is 1. The van der Waals surface area contributed by atoms with Gasteiger partial charge in [0.05, 0.1) is 47.8 Å². The molecule has 2 spiro atoms. The van der Waals surface area contributed by atoms with E-state index in [9.17, 15) is 19.8 Å². The van der Waals surface area contributed by atoms with Gasteiger partial charge in [-0.2, -0.15) is 5.21 Å². The number of aromatic nitrogens is 4. The lowest BCUT2D eigenvalue weighted by molar-refractivity contribution is -0.409. The number of hydrogen-bond acceptors (Lipinski definition) is 13. The second kappa shape index (κ2) is 17.6. The maximum atomic E-state index is 14.7. The van der Waals surface area contributed by atoms with E-state index >= 15 is 0 Å². The first kappa shape index (κ1) is 45.2. The molecule has 0 saturated carbocycles. The fourth-order valence-corrected chi connectivity index (χ4v) is 11.1. The highest BCUT2D eigenvalue weighted by atomic mass is 16.8. The zero-order valence-corrected chi connectivity index (χ0v) is 36.8. The Hall–Kier alpha value is -2.33. The van der Waals surface area contributed by atoms with Crippen LogP contribution in [0.4, 0.5) is 0 Å². The van der Waals surface area contributed by atoms with Gasteiger partial charge in [0, 0.05) is 42.9 Å². The number of tetrazole rings is 1. The molecule has 4 saturated heterocycles. The molecule has 18 atom stereocenters. The Morgan fingerprint density at radius 3 is 2.34 bits per heavy atom. The molecule has 328 valence electrons. The summed E-state index contributed by atoms with van der Waals surface area (Å²) in [7, 11) is 0. The number of aliphatic hydroxyl groups excluding tert-OH is 1. The minimum atomic E-state index is -1.36. The lowest BCUT2D eigenvalue weighted by Gasteiger charge is -2.54. The van der Waals surface area contributed by atoms with Crippen LogP contribution in [-0.4, -0.2) is 108 Å². The molecule has 0 aliphatic carbocycles. The van der Waals surface area contributed by atoms with Crippen LogP contribution < -0.4 is 0 Å². The average Bonchev–Trinajstić information content (AvgIpc) is 3.85. The second-order valence-electron chi connectivity index (χ2n) is 18.9. The van der Waals surface area contributed by atoms with Crippen LogP contribution in [0, 0.1) is 35.5 Å². The fourth-order valence-electron chi connectivity index (χ4n) is 11.1. The minimum absolute atomic E-state index is 0.0122. The molecule has 1 aromatic rings. The fraction of sp³-hybridized carbons (Fsp3) is 0.886. The van der Waals surface area contributed by atoms with E-state index in [-0.39, 0.29) is 59.8 Å². The van der Waals surface area contributed by atoms with Crippen LogP contribution in [0.25, 0.3) is 0 Å². The van der Waals surface area contributed by atoms with Gasteiger partial charge in [0.2, 0.25) is 5.79 Å². The van der Waals surface area contributed by atoms with E-state index in [4.69, 9.17) is 28.4 Å². The largest absolute Gasteiger partial charge is 0.453 e. The molecule has 0 bridgehead atoms. The van der Waals surface area contributed by atoms with Crippen molar-refractivity contribution in [2.75, 3.05) is 0 Å². The second-order valence-corrected chi connectivity index (χ2v) is 18.9. The molecule has 3 N–H and O–H groups in total. The number of nitrogens with one attached hydrogen (secondary N) is 1. The van der Waals surface area contributed by atoms with Crippen LogP contribution in [0.2, 0.25) is 0 Å². The SMILES string of the molecule is CC[C@@H](C(=O)[C@@H](C)[C@@H](O)[C@H](C)[C@@H]1O[C@@H]([C@@H](CC)c2nn[nH]n2)CC[C@@H]1C)C1OC2(C=CC(OC(C)=O)C3(CC[C@@](C)([C@H]4CC[C@](O)(CC)[C@H](C)O4)O3)O2)[C@H](C)CC1C. The Kier molecular flexibility index (Phi) is 13.7. The average molecular weight is 817 g/mol. The van der Waals surface area contributed by atoms with E-state index in [1.165, 1.54) is 6.92 Å². The first-order valence-corrected chi connectivity index (χ1v) is 22.3. The van der Waals surface area contributed by atoms with Gasteiger partial charge in [-0.1, -0.05) is 60.6 Å². The molecule has 5 aliphatic heterocycles. The summed E-state index contributed by atoms with van der Waals surface area (Å²) in [5, 5.41) is 37.9. The number of carbonyl (C=O) groups is 2. The number of rotatable bonds is 13. The van der Waals surface area contributed by atoms with Crippen molar-refractivity contribution in [2.45, 2.75) is 212 Å². The number of hydrogen-bond donors (Lipinski definition) is 3. The Morgan fingerprint density at radius 2 is 1.72 bits per heavy atom. The maximum absolute atomic E-state index is 14.7. The number of ether oxygens (including phenoxy) is 6. The van der Waals surface area contributed by atoms with Gasteiger partial charge in [0.1, 0.15) is 5.78 Å². The van der Waals surface area contributed by atoms with E-state index < -0.39 is 58.9 Å². The third kappa shape index (κ3) is 8.46. The number of ketones is 1. The van der Waals surface area contributed by atoms with Crippen LogP contribution in [0.15, 0.2) is 12.2 Å². The summed E-state index contributed by atoms with van der Waals surface area (Å²) in [5.41, 5.74) is -1.68. The zero-order valence-electron chi connectivity index (χ0n) is 36.8. The molecule has 4 fully saturated rings. The Morgan fingerprint density at radius 1 is 0.983 bits per heavy atom. The summed E-state index contributed by atoms with van der Waals surface area (Å²) in [6, 6.07) is 0. The number of aromatic amines is 1. The van der Waals surface area contributed by atoms with Gasteiger partial charge in [0.15, 0.2) is 17.7 Å². The molecular formula is C44H72N4O10.